The lowest BCUT2D eigenvalue weighted by molar-refractivity contribution is 0.119. The summed E-state index contributed by atoms with van der Waals surface area (Å²) >= 11 is 1.46. The van der Waals surface area contributed by atoms with E-state index in [1.165, 1.54) is 11.9 Å². The minimum absolute atomic E-state index is 0.0664. The fraction of sp³-hybridized carbons (Fsp3) is 0.435. The summed E-state index contributed by atoms with van der Waals surface area (Å²) in [5, 5.41) is 8.77. The summed E-state index contributed by atoms with van der Waals surface area (Å²) in [6, 6.07) is 9.59. The molecule has 1 atom stereocenters. The third-order valence-electron chi connectivity index (χ3n) is 5.83. The Balaban J connectivity index is 1.60. The number of ether oxygens (including phenoxy) is 2. The van der Waals surface area contributed by atoms with E-state index >= 15 is 0 Å². The number of carbonyl (C=O) groups excluding carboxylic acids is 1. The Morgan fingerprint density at radius 2 is 1.91 bits per heavy atom. The van der Waals surface area contributed by atoms with E-state index in [1.54, 1.807) is 19.1 Å². The van der Waals surface area contributed by atoms with Crippen molar-refractivity contribution in [1.82, 2.24) is 24.6 Å². The SMILES string of the molecule is COc1cccc(OC)c1-n1c(NSCCN2C(=O)N(C)CC[C@@H]2C)nnc1-c1ccc(C)o1. The Hall–Kier alpha value is -3.34. The minimum atomic E-state index is 0.0664. The van der Waals surface area contributed by atoms with Crippen LogP contribution in [0.2, 0.25) is 0 Å². The Morgan fingerprint density at radius 1 is 1.18 bits per heavy atom. The molecule has 3 aromatic rings. The van der Waals surface area contributed by atoms with Crippen molar-refractivity contribution < 1.29 is 18.7 Å². The van der Waals surface area contributed by atoms with Crippen LogP contribution in [0.1, 0.15) is 19.1 Å². The van der Waals surface area contributed by atoms with Gasteiger partial charge >= 0.3 is 6.03 Å². The summed E-state index contributed by atoms with van der Waals surface area (Å²) in [5.74, 6) is 4.24. The molecule has 4 rings (SSSR count). The highest BCUT2D eigenvalue weighted by Crippen LogP contribution is 2.38. The number of furan rings is 1. The van der Waals surface area contributed by atoms with E-state index in [-0.39, 0.29) is 12.1 Å². The van der Waals surface area contributed by atoms with E-state index in [4.69, 9.17) is 13.9 Å². The normalized spacial score (nSPS) is 16.1. The molecule has 3 heterocycles. The summed E-state index contributed by atoms with van der Waals surface area (Å²) in [5.41, 5.74) is 0.658. The number of benzene rings is 1. The van der Waals surface area contributed by atoms with Crippen molar-refractivity contribution in [1.29, 1.82) is 0 Å². The van der Waals surface area contributed by atoms with Gasteiger partial charge in [0.1, 0.15) is 22.9 Å². The Bertz CT molecular complexity index is 1120. The van der Waals surface area contributed by atoms with E-state index in [0.717, 1.165) is 18.7 Å². The fourth-order valence-electron chi connectivity index (χ4n) is 3.94. The van der Waals surface area contributed by atoms with Gasteiger partial charge in [0.2, 0.25) is 11.8 Å². The number of methoxy groups -OCH3 is 2. The molecule has 1 fully saturated rings. The number of urea groups is 1. The number of amides is 2. The highest BCUT2D eigenvalue weighted by Gasteiger charge is 2.28. The number of aromatic nitrogens is 3. The zero-order valence-electron chi connectivity index (χ0n) is 20.1. The van der Waals surface area contributed by atoms with E-state index in [2.05, 4.69) is 21.8 Å². The van der Waals surface area contributed by atoms with Crippen molar-refractivity contribution in [3.8, 4) is 28.8 Å². The average molecular weight is 487 g/mol. The van der Waals surface area contributed by atoms with Crippen LogP contribution in [0.25, 0.3) is 17.3 Å². The Labute approximate surface area is 203 Å². The third kappa shape index (κ3) is 4.65. The monoisotopic (exact) mass is 486 g/mol. The first-order valence-electron chi connectivity index (χ1n) is 11.1. The molecule has 0 unspecified atom stereocenters. The van der Waals surface area contributed by atoms with Gasteiger partial charge in [0.05, 0.1) is 14.2 Å². The van der Waals surface area contributed by atoms with E-state index < -0.39 is 0 Å². The average Bonchev–Trinajstić information content (AvgIpc) is 3.46. The number of hydrogen-bond acceptors (Lipinski definition) is 8. The first kappa shape index (κ1) is 23.8. The van der Waals surface area contributed by atoms with Crippen LogP contribution in [0.5, 0.6) is 11.5 Å². The molecule has 34 heavy (non-hydrogen) atoms. The molecule has 0 radical (unpaired) electrons. The molecule has 2 amide bonds. The second kappa shape index (κ2) is 10.3. The van der Waals surface area contributed by atoms with Gasteiger partial charge in [0.15, 0.2) is 5.76 Å². The van der Waals surface area contributed by atoms with Crippen LogP contribution < -0.4 is 14.2 Å². The molecule has 182 valence electrons. The molecule has 10 nitrogen and oxygen atoms in total. The van der Waals surface area contributed by atoms with E-state index in [0.29, 0.717) is 47.0 Å². The molecule has 1 N–H and O–H groups in total. The molecule has 1 aliphatic rings. The number of anilines is 1. The molecule has 0 bridgehead atoms. The zero-order valence-corrected chi connectivity index (χ0v) is 20.9. The molecule has 1 aromatic carbocycles. The predicted octanol–water partition coefficient (Wildman–Crippen LogP) is 4.06. The van der Waals surface area contributed by atoms with Gasteiger partial charge in [0, 0.05) is 31.9 Å². The molecular formula is C23H30N6O4S. The first-order chi connectivity index (χ1) is 16.4. The van der Waals surface area contributed by atoms with Crippen molar-refractivity contribution in [2.45, 2.75) is 26.3 Å². The molecule has 11 heteroatoms. The van der Waals surface area contributed by atoms with E-state index in [9.17, 15) is 4.79 Å². The van der Waals surface area contributed by atoms with Crippen LogP contribution in [0.4, 0.5) is 10.7 Å². The smallest absolute Gasteiger partial charge is 0.320 e. The summed E-state index contributed by atoms with van der Waals surface area (Å²) < 4.78 is 22.2. The maximum atomic E-state index is 12.5. The van der Waals surface area contributed by atoms with Gasteiger partial charge in [-0.15, -0.1) is 10.2 Å². The van der Waals surface area contributed by atoms with Gasteiger partial charge in [-0.25, -0.2) is 4.79 Å². The largest absolute Gasteiger partial charge is 0.494 e. The van der Waals surface area contributed by atoms with Crippen LogP contribution in [0, 0.1) is 6.92 Å². The van der Waals surface area contributed by atoms with Crippen molar-refractivity contribution in [2.24, 2.45) is 0 Å². The van der Waals surface area contributed by atoms with Gasteiger partial charge in [-0.1, -0.05) is 6.07 Å². The van der Waals surface area contributed by atoms with Crippen LogP contribution in [0.15, 0.2) is 34.7 Å². The number of nitrogens with zero attached hydrogens (tertiary/aromatic N) is 5. The third-order valence-corrected chi connectivity index (χ3v) is 6.55. The highest BCUT2D eigenvalue weighted by atomic mass is 32.2. The van der Waals surface area contributed by atoms with Gasteiger partial charge < -0.3 is 23.7 Å². The summed E-state index contributed by atoms with van der Waals surface area (Å²) in [4.78, 5) is 16.2. The van der Waals surface area contributed by atoms with Gasteiger partial charge in [0.25, 0.3) is 0 Å². The predicted molar refractivity (Wildman–Crippen MR) is 132 cm³/mol. The van der Waals surface area contributed by atoms with Crippen molar-refractivity contribution in [3.05, 3.63) is 36.1 Å². The number of para-hydroxylation sites is 1. The lowest BCUT2D eigenvalue weighted by Crippen LogP contribution is -2.52. The molecule has 0 saturated carbocycles. The highest BCUT2D eigenvalue weighted by molar-refractivity contribution is 8.00. The summed E-state index contributed by atoms with van der Waals surface area (Å²) in [6.45, 7) is 5.38. The minimum Gasteiger partial charge on any atom is -0.494 e. The molecule has 0 spiro atoms. The lowest BCUT2D eigenvalue weighted by atomic mass is 10.1. The summed E-state index contributed by atoms with van der Waals surface area (Å²) in [7, 11) is 5.05. The quantitative estimate of drug-likeness (QED) is 0.357. The van der Waals surface area contributed by atoms with Gasteiger partial charge in [-0.2, -0.15) is 0 Å². The second-order valence-electron chi connectivity index (χ2n) is 8.09. The Kier molecular flexibility index (Phi) is 7.20. The van der Waals surface area contributed by atoms with Crippen molar-refractivity contribution in [3.63, 3.8) is 0 Å². The number of aryl methyl sites for hydroxylation is 1. The number of nitrogens with one attached hydrogen (secondary N) is 1. The van der Waals surface area contributed by atoms with Crippen LogP contribution >= 0.6 is 11.9 Å². The maximum Gasteiger partial charge on any atom is 0.320 e. The number of carbonyl (C=O) groups is 1. The van der Waals surface area contributed by atoms with Crippen molar-refractivity contribution >= 4 is 23.9 Å². The van der Waals surface area contributed by atoms with E-state index in [1.807, 2.05) is 53.8 Å². The molecule has 1 aliphatic heterocycles. The van der Waals surface area contributed by atoms with Crippen molar-refractivity contribution in [2.75, 3.05) is 44.8 Å². The van der Waals surface area contributed by atoms with Gasteiger partial charge in [-0.05, 0) is 56.5 Å². The number of hydrogen-bond donors (Lipinski definition) is 1. The topological polar surface area (TPSA) is 97.9 Å². The molecule has 2 aromatic heterocycles. The maximum absolute atomic E-state index is 12.5. The Morgan fingerprint density at radius 3 is 2.56 bits per heavy atom. The molecule has 0 aliphatic carbocycles. The van der Waals surface area contributed by atoms with Crippen LogP contribution in [0.3, 0.4) is 0 Å². The second-order valence-corrected chi connectivity index (χ2v) is 8.99. The van der Waals surface area contributed by atoms with Crippen LogP contribution in [-0.4, -0.2) is 76.7 Å². The summed E-state index contributed by atoms with van der Waals surface area (Å²) in [6.07, 6.45) is 0.966. The lowest BCUT2D eigenvalue weighted by Gasteiger charge is -2.38. The molecule has 1 saturated heterocycles. The van der Waals surface area contributed by atoms with Crippen LogP contribution in [-0.2, 0) is 0 Å². The standard InChI is InChI=1S/C23H30N6O4S/c1-15-11-12-27(3)23(30)28(15)13-14-34-26-22-25-24-21(19-10-9-16(2)33-19)29(22)20-17(31-4)7-6-8-18(20)32-5/h6-10,15H,11-14H2,1-5H3,(H,25,26)/t15-/m0/s1. The zero-order chi connectivity index (χ0) is 24.2. The first-order valence-corrected chi connectivity index (χ1v) is 12.1. The fourth-order valence-corrected chi connectivity index (χ4v) is 4.60. The number of rotatable bonds is 9. The van der Waals surface area contributed by atoms with Gasteiger partial charge in [-0.3, -0.25) is 9.29 Å². The molecular weight excluding hydrogens is 456 g/mol.